The van der Waals surface area contributed by atoms with Crippen LogP contribution < -0.4 is 31.0 Å². The lowest BCUT2D eigenvalue weighted by molar-refractivity contribution is -0.305. The maximum Gasteiger partial charge on any atom is 0.355 e. The smallest absolute Gasteiger partial charge is 0.355 e. The molecule has 2 saturated heterocycles. The van der Waals surface area contributed by atoms with Crippen LogP contribution in [0.3, 0.4) is 0 Å². The number of ether oxygens (including phenoxy) is 8. The molecular formula is C55H57N5O20. The van der Waals surface area contributed by atoms with Crippen LogP contribution in [0.2, 0.25) is 0 Å². The molecule has 25 heteroatoms. The predicted molar refractivity (Wildman–Crippen MR) is 280 cm³/mol. The van der Waals surface area contributed by atoms with Gasteiger partial charge in [0.15, 0.2) is 35.8 Å². The van der Waals surface area contributed by atoms with E-state index >= 15 is 0 Å². The Morgan fingerprint density at radius 2 is 1.02 bits per heavy atom. The second-order valence-electron chi connectivity index (χ2n) is 20.3. The van der Waals surface area contributed by atoms with Crippen LogP contribution in [0.4, 0.5) is 11.4 Å². The maximum absolute atomic E-state index is 13.8. The third-order valence-electron chi connectivity index (χ3n) is 13.8. The van der Waals surface area contributed by atoms with Crippen molar-refractivity contribution in [3.05, 3.63) is 132 Å². The first-order chi connectivity index (χ1) is 37.8. The number of benzene rings is 2. The first-order valence-electron chi connectivity index (χ1n) is 24.8. The van der Waals surface area contributed by atoms with E-state index in [-0.39, 0.29) is 67.2 Å². The van der Waals surface area contributed by atoms with E-state index in [1.807, 2.05) is 0 Å². The molecule has 7 heterocycles. The molecule has 422 valence electrons. The number of aliphatic hydroxyl groups is 2. The maximum atomic E-state index is 13.8. The first-order valence-corrected chi connectivity index (χ1v) is 24.8. The third-order valence-corrected chi connectivity index (χ3v) is 13.8. The van der Waals surface area contributed by atoms with Gasteiger partial charge in [-0.15, -0.1) is 0 Å². The van der Waals surface area contributed by atoms with Crippen LogP contribution in [0.15, 0.2) is 85.3 Å². The zero-order valence-corrected chi connectivity index (χ0v) is 44.7. The van der Waals surface area contributed by atoms with Crippen molar-refractivity contribution >= 4 is 57.1 Å². The Morgan fingerprint density at radius 3 is 1.40 bits per heavy atom. The molecule has 0 radical (unpaired) electrons. The molecule has 8 atom stereocenters. The molecule has 7 aromatic rings. The molecule has 0 spiro atoms. The molecule has 5 aromatic heterocycles. The Morgan fingerprint density at radius 1 is 0.600 bits per heavy atom. The lowest BCUT2D eigenvalue weighted by Crippen LogP contribution is -2.65. The average Bonchev–Trinajstić information content (AvgIpc) is 4.18. The van der Waals surface area contributed by atoms with E-state index in [0.29, 0.717) is 11.4 Å². The minimum Gasteiger partial charge on any atom is -0.479 e. The van der Waals surface area contributed by atoms with Gasteiger partial charge in [0.1, 0.15) is 52.0 Å². The molecule has 8 unspecified atom stereocenters. The first kappa shape index (κ1) is 56.1. The number of aliphatic hydroxyl groups excluding tert-OH is 2. The second kappa shape index (κ2) is 21.6. The molecule has 2 aliphatic heterocycles. The van der Waals surface area contributed by atoms with Crippen molar-refractivity contribution in [3.8, 4) is 23.4 Å². The number of nitrogens with zero attached hydrogens (tertiary/aromatic N) is 1. The number of pyridine rings is 1. The lowest BCUT2D eigenvalue weighted by atomic mass is 9.89. The lowest BCUT2D eigenvalue weighted by Gasteiger charge is -2.47. The summed E-state index contributed by atoms with van der Waals surface area (Å²) in [6.45, 7) is 13.2. The van der Waals surface area contributed by atoms with Gasteiger partial charge in [0.05, 0.1) is 27.5 Å². The van der Waals surface area contributed by atoms with E-state index in [1.165, 1.54) is 70.5 Å². The van der Waals surface area contributed by atoms with Gasteiger partial charge in [-0.05, 0) is 116 Å². The molecule has 25 nitrogen and oxygen atoms in total. The van der Waals surface area contributed by atoms with Crippen molar-refractivity contribution in [1.82, 2.24) is 15.0 Å². The number of anilines is 2. The number of aromatic hydroxyl groups is 2. The number of amides is 2. The molecule has 2 fully saturated rings. The molecule has 0 saturated carbocycles. The van der Waals surface area contributed by atoms with Crippen LogP contribution in [0.1, 0.15) is 92.0 Å². The van der Waals surface area contributed by atoms with Crippen molar-refractivity contribution in [2.45, 2.75) is 116 Å². The normalized spacial score (nSPS) is 22.4. The highest BCUT2D eigenvalue weighted by Gasteiger charge is 2.55. The quantitative estimate of drug-likeness (QED) is 0.0638. The minimum absolute atomic E-state index is 0.0533. The van der Waals surface area contributed by atoms with Crippen LogP contribution in [-0.4, -0.2) is 134 Å². The summed E-state index contributed by atoms with van der Waals surface area (Å²) < 4.78 is 58.3. The zero-order chi connectivity index (χ0) is 57.9. The molecule has 2 amide bonds. The van der Waals surface area contributed by atoms with Crippen LogP contribution >= 0.6 is 0 Å². The highest BCUT2D eigenvalue weighted by atomic mass is 16.7. The number of hydrogen-bond donors (Lipinski definition) is 8. The van der Waals surface area contributed by atoms with E-state index in [9.17, 15) is 49.2 Å². The van der Waals surface area contributed by atoms with Crippen LogP contribution in [0, 0.1) is 27.7 Å². The number of carbonyl (C=O) groups is 4. The summed E-state index contributed by atoms with van der Waals surface area (Å²) in [5.41, 5.74) is -4.02. The van der Waals surface area contributed by atoms with Gasteiger partial charge in [0.2, 0.25) is 23.4 Å². The highest BCUT2D eigenvalue weighted by molar-refractivity contribution is 6.07. The van der Waals surface area contributed by atoms with Gasteiger partial charge in [0.25, 0.3) is 11.8 Å². The summed E-state index contributed by atoms with van der Waals surface area (Å²) in [7, 11) is 2.76. The molecular weight excluding hydrogens is 1050 g/mol. The van der Waals surface area contributed by atoms with E-state index in [2.05, 4.69) is 25.6 Å². The van der Waals surface area contributed by atoms with Crippen molar-refractivity contribution in [2.75, 3.05) is 24.9 Å². The Hall–Kier alpha value is -8.59. The molecule has 2 aliphatic rings. The number of methoxy groups -OCH3 is 2. The third kappa shape index (κ3) is 10.6. The molecule has 9 rings (SSSR count). The topological polar surface area (TPSA) is 352 Å². The minimum atomic E-state index is -1.58. The fraction of sp³-hybridized carbons (Fsp3) is 0.364. The van der Waals surface area contributed by atoms with Crippen molar-refractivity contribution < 1.29 is 86.3 Å². The van der Waals surface area contributed by atoms with Gasteiger partial charge in [-0.1, -0.05) is 0 Å². The monoisotopic (exact) mass is 1110 g/mol. The van der Waals surface area contributed by atoms with E-state index in [0.717, 1.165) is 12.3 Å². The van der Waals surface area contributed by atoms with Gasteiger partial charge in [-0.2, -0.15) is 0 Å². The summed E-state index contributed by atoms with van der Waals surface area (Å²) in [6.07, 6.45) is -9.46. The average molecular weight is 1110 g/mol. The Bertz CT molecular complexity index is 3450. The van der Waals surface area contributed by atoms with Crippen LogP contribution in [0.5, 0.6) is 23.4 Å². The van der Waals surface area contributed by atoms with Gasteiger partial charge in [-0.3, -0.25) is 24.2 Å². The van der Waals surface area contributed by atoms with Crippen molar-refractivity contribution in [1.29, 1.82) is 0 Å². The van der Waals surface area contributed by atoms with Gasteiger partial charge < -0.3 is 87.8 Å². The largest absolute Gasteiger partial charge is 0.479 e. The predicted octanol–water partition coefficient (Wildman–Crippen LogP) is 5.33. The summed E-state index contributed by atoms with van der Waals surface area (Å²) in [5, 5.41) is 49.2. The standard InChI is InChI=1S/C55H57N5O20/c1-22-11-16-30(57-22)48(67)77-42-38(63)52(79-54(5,6)44(42)71-9)73-32-19-14-27-36(61)34(50(69)75-40(27)24(32)3)59-46(65)26-13-18-29(56-21-26)47(66)60-35-37(62)28-15-20-33(25(4)41(28)76-51(35)70)74-53-39(64)43(45(72-10)55(7,8)80-53)78-49(68)31-17-12-23(2)58-31/h11-21,38-39,42-45,52-53,57-58,63-64,69-70H,1-10H3,(H,59,65)(H,60,66). The Balaban J connectivity index is 0.866. The number of aromatic nitrogens is 3. The summed E-state index contributed by atoms with van der Waals surface area (Å²) in [4.78, 5) is 90.3. The Labute approximate surface area is 453 Å². The number of aryl methyl sites for hydroxylation is 4. The number of esters is 2. The Kier molecular flexibility index (Phi) is 15.1. The van der Waals surface area contributed by atoms with Gasteiger partial charge >= 0.3 is 23.8 Å². The summed E-state index contributed by atoms with van der Waals surface area (Å²) in [6, 6.07) is 14.1. The summed E-state index contributed by atoms with van der Waals surface area (Å²) in [5.74, 6) is -5.30. The van der Waals surface area contributed by atoms with Gasteiger partial charge in [-0.25, -0.2) is 9.59 Å². The van der Waals surface area contributed by atoms with Crippen LogP contribution in [0.25, 0.3) is 21.9 Å². The van der Waals surface area contributed by atoms with E-state index in [4.69, 9.17) is 46.7 Å². The highest BCUT2D eigenvalue weighted by Crippen LogP contribution is 2.40. The molecule has 0 bridgehead atoms. The number of aromatic amines is 2. The van der Waals surface area contributed by atoms with E-state index in [1.54, 1.807) is 53.7 Å². The number of rotatable bonds is 14. The molecule has 0 aliphatic carbocycles. The summed E-state index contributed by atoms with van der Waals surface area (Å²) >= 11 is 0. The fourth-order valence-corrected chi connectivity index (χ4v) is 9.72. The number of hydrogen-bond acceptors (Lipinski definition) is 21. The molecule has 2 aromatic carbocycles. The number of carbonyl (C=O) groups excluding carboxylic acids is 4. The SMILES string of the molecule is COC1C(OC(=O)c2ccc(C)[nH]2)C(O)C(Oc2ccc3c(=O)c(NC(=O)c4ccc(C(=O)Nc5c(O)oc6c(C)c(OC7OC(C)(C)C(OC)C(OC(=O)c8ccc(C)[nH]8)C7O)ccc6c5=O)nc4)c(O)oc3c2C)OC1(C)C. The number of fused-ring (bicyclic) bond motifs is 2. The zero-order valence-electron chi connectivity index (χ0n) is 44.7. The van der Waals surface area contributed by atoms with E-state index < -0.39 is 118 Å². The van der Waals surface area contributed by atoms with Crippen LogP contribution in [-0.2, 0) is 28.4 Å². The number of H-pyrrole nitrogens is 2. The van der Waals surface area contributed by atoms with Gasteiger partial charge in [0, 0.05) is 42.9 Å². The van der Waals surface area contributed by atoms with Crippen molar-refractivity contribution in [2.24, 2.45) is 0 Å². The molecule has 8 N–H and O–H groups in total. The van der Waals surface area contributed by atoms with Crippen molar-refractivity contribution in [3.63, 3.8) is 0 Å². The second-order valence-corrected chi connectivity index (χ2v) is 20.3. The number of nitrogens with one attached hydrogen (secondary N) is 4. The molecule has 80 heavy (non-hydrogen) atoms. The fourth-order valence-electron chi connectivity index (χ4n) is 9.72.